The molecule has 96 heavy (non-hydrogen) atoms. The van der Waals surface area contributed by atoms with Crippen molar-refractivity contribution in [1.82, 2.24) is 0 Å². The molecule has 0 spiro atoms. The molecule has 7 fully saturated rings. The number of halogens is 11. The molecule has 4 bridgehead atoms. The summed E-state index contributed by atoms with van der Waals surface area (Å²) < 4.78 is 177. The number of carbonyl (C=O) groups excluding carboxylic acids is 5. The van der Waals surface area contributed by atoms with E-state index < -0.39 is 117 Å². The lowest BCUT2D eigenvalue weighted by Gasteiger charge is -2.70. The van der Waals surface area contributed by atoms with Gasteiger partial charge in [0.1, 0.15) is 24.4 Å². The Morgan fingerprint density at radius 1 is 0.542 bits per heavy atom. The molecular formula is C69H129F11O16. The lowest BCUT2D eigenvalue weighted by molar-refractivity contribution is -0.409. The van der Waals surface area contributed by atoms with Crippen molar-refractivity contribution >= 4 is 29.8 Å². The van der Waals surface area contributed by atoms with Crippen LogP contribution in [0.25, 0.3) is 0 Å². The highest BCUT2D eigenvalue weighted by molar-refractivity contribution is 5.78. The number of hydrogen-bond donors (Lipinski definition) is 4. The number of carbonyl (C=O) groups is 5. The van der Waals surface area contributed by atoms with E-state index in [0.29, 0.717) is 38.5 Å². The third kappa shape index (κ3) is 21.9. The van der Waals surface area contributed by atoms with E-state index in [1.165, 1.54) is 20.8 Å². The molecule has 0 aromatic rings. The van der Waals surface area contributed by atoms with Crippen LogP contribution in [0.1, 0.15) is 280 Å². The zero-order chi connectivity index (χ0) is 68.8. The number of rotatable bonds is 17. The normalized spacial score (nSPS) is 28.4. The maximum Gasteiger partial charge on any atom is 0.449 e. The Morgan fingerprint density at radius 3 is 1.21 bits per heavy atom. The molecule has 0 amide bonds. The molecule has 578 valence electrons. The minimum absolute atomic E-state index is 0. The van der Waals surface area contributed by atoms with E-state index in [9.17, 15) is 92.7 Å². The average molecular weight is 1420 g/mol. The first-order valence-corrected chi connectivity index (χ1v) is 30.0. The zero-order valence-electron chi connectivity index (χ0n) is 54.3. The Bertz CT molecular complexity index is 2410. The summed E-state index contributed by atoms with van der Waals surface area (Å²) in [6, 6.07) is 0. The van der Waals surface area contributed by atoms with Crippen LogP contribution in [0.5, 0.6) is 0 Å². The highest BCUT2D eigenvalue weighted by Crippen LogP contribution is 2.72. The smallest absolute Gasteiger partial charge is 0.449 e. The van der Waals surface area contributed by atoms with Gasteiger partial charge in [-0.3, -0.25) is 24.0 Å². The SMILES string of the molecule is C.C.C.C.C.C.C.C.CCC(C)(C)C(=O)OC1(C)COC(O)(C(F)(F)F)C1(F)F.CCC(C)(C)C(=O)OC12CC3CC(C(C)(C)O)(C1)CC(C(C)(C)O)(C3)C2.CCC(C)(C)C(=O)OC1CCC(C)(OCC(O)(C(F)(F)F)C(F)(F)F)CC1.CCC(C)(C)C(=O)OC1COC(=O)C1. The Morgan fingerprint density at radius 2 is 0.896 bits per heavy atom. The fourth-order valence-electron chi connectivity index (χ4n) is 11.5. The molecule has 27 heteroatoms. The molecular weight excluding hydrogens is 1290 g/mol. The van der Waals surface area contributed by atoms with Crippen molar-refractivity contribution in [2.75, 3.05) is 19.8 Å². The van der Waals surface area contributed by atoms with E-state index in [-0.39, 0.29) is 139 Å². The topological polar surface area (TPSA) is 231 Å². The molecule has 4 N–H and O–H groups in total. The van der Waals surface area contributed by atoms with Gasteiger partial charge >= 0.3 is 60.1 Å². The monoisotopic (exact) mass is 1420 g/mol. The summed E-state index contributed by atoms with van der Waals surface area (Å²) in [5, 5.41) is 40.5. The Balaban J connectivity index is -0.000000279. The first kappa shape index (κ1) is 103. The highest BCUT2D eigenvalue weighted by Gasteiger charge is 2.83. The first-order chi connectivity index (χ1) is 39.2. The minimum Gasteiger partial charge on any atom is -0.462 e. The summed E-state index contributed by atoms with van der Waals surface area (Å²) in [6.07, 6.45) is -10.3. The van der Waals surface area contributed by atoms with Gasteiger partial charge < -0.3 is 53.6 Å². The van der Waals surface area contributed by atoms with Gasteiger partial charge in [0.15, 0.2) is 0 Å². The molecule has 2 heterocycles. The summed E-state index contributed by atoms with van der Waals surface area (Å²) in [5.41, 5.74) is -14.8. The highest BCUT2D eigenvalue weighted by atomic mass is 19.4. The maximum absolute atomic E-state index is 14.0. The molecule has 2 aliphatic heterocycles. The van der Waals surface area contributed by atoms with Crippen molar-refractivity contribution in [3.8, 4) is 0 Å². The van der Waals surface area contributed by atoms with E-state index in [0.717, 1.165) is 32.1 Å². The van der Waals surface area contributed by atoms with Crippen molar-refractivity contribution < 1.29 is 126 Å². The molecule has 5 unspecified atom stereocenters. The van der Waals surface area contributed by atoms with Crippen LogP contribution in [0.4, 0.5) is 48.3 Å². The number of alkyl halides is 11. The van der Waals surface area contributed by atoms with E-state index >= 15 is 0 Å². The number of cyclic esters (lactones) is 1. The summed E-state index contributed by atoms with van der Waals surface area (Å²) >= 11 is 0. The molecule has 7 aliphatic rings. The lowest BCUT2D eigenvalue weighted by Crippen LogP contribution is -2.70. The maximum atomic E-state index is 14.0. The van der Waals surface area contributed by atoms with Crippen LogP contribution in [0.3, 0.4) is 0 Å². The van der Waals surface area contributed by atoms with Gasteiger partial charge in [-0.1, -0.05) is 87.1 Å². The summed E-state index contributed by atoms with van der Waals surface area (Å²) in [6.45, 7) is 27.7. The predicted molar refractivity (Wildman–Crippen MR) is 349 cm³/mol. The van der Waals surface area contributed by atoms with Crippen LogP contribution in [0, 0.1) is 38.4 Å². The minimum atomic E-state index is -5.92. The van der Waals surface area contributed by atoms with Gasteiger partial charge in [-0.2, -0.15) is 48.3 Å². The third-order valence-electron chi connectivity index (χ3n) is 19.9. The second kappa shape index (κ2) is 34.3. The molecule has 5 aliphatic carbocycles. The molecule has 16 nitrogen and oxygen atoms in total. The zero-order valence-corrected chi connectivity index (χ0v) is 54.3. The predicted octanol–water partition coefficient (Wildman–Crippen LogP) is 17.8. The van der Waals surface area contributed by atoms with Gasteiger partial charge in [-0.25, -0.2) is 0 Å². The number of esters is 5. The third-order valence-corrected chi connectivity index (χ3v) is 19.9. The fourth-order valence-corrected chi connectivity index (χ4v) is 11.5. The molecule has 0 aromatic carbocycles. The van der Waals surface area contributed by atoms with E-state index in [1.54, 1.807) is 20.8 Å². The van der Waals surface area contributed by atoms with E-state index in [4.69, 9.17) is 23.7 Å². The molecule has 2 saturated heterocycles. The van der Waals surface area contributed by atoms with Crippen molar-refractivity contribution in [2.45, 2.75) is 356 Å². The standard InChI is InChI=1S/C22H38O4.C17H26F6O4.C12H17F5O4.C10H16O4.8CH4/c1-8-17(2,3)16(23)26-22-11-15-9-20(13-22,18(4,5)24)12-21(10-15,14-22)19(6,7)25;1-5-13(2,3)12(24)27-11-6-8-14(4,9-7-11)26-10-15(25,16(18,19)20)17(21,22)23;1-5-8(2,3)7(18)21-9(4)6-20-11(19,10(9,13)14)12(15,16)17;1-4-10(2,3)9(12)14-7-5-8(11)13-6-7;;;;;;;;/h15,24-25H,8-14H2,1-7H3;11,25H,5-10H2,1-4H3;19H,5-6H2,1-4H3;7H,4-6H2,1-3H3;8*1H4. The van der Waals surface area contributed by atoms with Crippen LogP contribution in [-0.2, 0) is 57.1 Å². The number of aliphatic hydroxyl groups is 4. The van der Waals surface area contributed by atoms with Crippen LogP contribution in [-0.4, -0.2) is 146 Å². The van der Waals surface area contributed by atoms with E-state index in [1.807, 2.05) is 76.2 Å². The Hall–Kier alpha value is -3.66. The molecule has 7 rings (SSSR count). The molecule has 5 saturated carbocycles. The average Bonchev–Trinajstić information content (AvgIpc) is 0.774. The van der Waals surface area contributed by atoms with Crippen LogP contribution >= 0.6 is 0 Å². The van der Waals surface area contributed by atoms with Gasteiger partial charge in [-0.05, 0) is 193 Å². The van der Waals surface area contributed by atoms with Gasteiger partial charge in [0.05, 0.1) is 58.1 Å². The van der Waals surface area contributed by atoms with Gasteiger partial charge in [0, 0.05) is 10.8 Å². The molecule has 0 radical (unpaired) electrons. The second-order valence-corrected chi connectivity index (χ2v) is 29.4. The van der Waals surface area contributed by atoms with Gasteiger partial charge in [0.2, 0.25) is 5.60 Å². The van der Waals surface area contributed by atoms with Gasteiger partial charge in [-0.15, -0.1) is 0 Å². The van der Waals surface area contributed by atoms with Crippen molar-refractivity contribution in [1.29, 1.82) is 0 Å². The number of hydrogen-bond acceptors (Lipinski definition) is 16. The largest absolute Gasteiger partial charge is 0.462 e. The van der Waals surface area contributed by atoms with Crippen molar-refractivity contribution in [3.05, 3.63) is 0 Å². The summed E-state index contributed by atoms with van der Waals surface area (Å²) in [5.74, 6) is -11.3. The van der Waals surface area contributed by atoms with E-state index in [2.05, 4.69) is 9.47 Å². The summed E-state index contributed by atoms with van der Waals surface area (Å²) in [7, 11) is 0. The Kier molecular flexibility index (Phi) is 37.0. The van der Waals surface area contributed by atoms with Crippen LogP contribution in [0.15, 0.2) is 0 Å². The quantitative estimate of drug-likeness (QED) is 0.0602. The number of ether oxygens (including phenoxy) is 7. The Labute approximate surface area is 568 Å². The van der Waals surface area contributed by atoms with Gasteiger partial charge in [0.25, 0.3) is 5.60 Å². The van der Waals surface area contributed by atoms with Crippen molar-refractivity contribution in [3.63, 3.8) is 0 Å². The summed E-state index contributed by atoms with van der Waals surface area (Å²) in [4.78, 5) is 59.1. The fraction of sp³-hybridized carbons (Fsp3) is 0.928. The molecule has 0 aromatic heterocycles. The van der Waals surface area contributed by atoms with Crippen LogP contribution in [0.2, 0.25) is 0 Å². The first-order valence-electron chi connectivity index (χ1n) is 30.0. The van der Waals surface area contributed by atoms with Crippen molar-refractivity contribution in [2.24, 2.45) is 38.4 Å². The van der Waals surface area contributed by atoms with Crippen LogP contribution < -0.4 is 0 Å². The second-order valence-electron chi connectivity index (χ2n) is 29.4. The lowest BCUT2D eigenvalue weighted by atomic mass is 9.37. The molecule has 5 atom stereocenters.